The molecule has 0 saturated heterocycles. The fourth-order valence-corrected chi connectivity index (χ4v) is 7.36. The van der Waals surface area contributed by atoms with E-state index in [1.165, 1.54) is 38.5 Å². The molecule has 0 aromatic carbocycles. The zero-order chi connectivity index (χ0) is 18.6. The van der Waals surface area contributed by atoms with Crippen LogP contribution in [0, 0.1) is 11.8 Å². The zero-order valence-electron chi connectivity index (χ0n) is 17.1. The molecule has 0 heterocycles. The Morgan fingerprint density at radius 3 is 1.92 bits per heavy atom. The second kappa shape index (κ2) is 13.8. The molecule has 24 heavy (non-hydrogen) atoms. The quantitative estimate of drug-likeness (QED) is 0.192. The molecule has 0 saturated carbocycles. The van der Waals surface area contributed by atoms with Gasteiger partial charge in [0.1, 0.15) is 0 Å². The van der Waals surface area contributed by atoms with Crippen LogP contribution in [0.2, 0.25) is 9.88 Å². The van der Waals surface area contributed by atoms with Crippen LogP contribution in [-0.4, -0.2) is 35.1 Å². The van der Waals surface area contributed by atoms with Gasteiger partial charge in [-0.25, -0.2) is 0 Å². The van der Waals surface area contributed by atoms with Crippen LogP contribution in [0.15, 0.2) is 0 Å². The van der Waals surface area contributed by atoms with Crippen LogP contribution in [0.25, 0.3) is 0 Å². The average molecular weight is 465 g/mol. The van der Waals surface area contributed by atoms with Crippen LogP contribution >= 0.6 is 12.6 Å². The molecule has 0 amide bonds. The van der Waals surface area contributed by atoms with E-state index < -0.39 is 22.5 Å². The molecular formula is C20H42O2SSn. The predicted octanol–water partition coefficient (Wildman–Crippen LogP) is 6.05. The van der Waals surface area contributed by atoms with E-state index in [0.717, 1.165) is 19.3 Å². The van der Waals surface area contributed by atoms with E-state index in [1.54, 1.807) is 0 Å². The van der Waals surface area contributed by atoms with Crippen LogP contribution in [0.1, 0.15) is 85.5 Å². The summed E-state index contributed by atoms with van der Waals surface area (Å²) in [7, 11) is 0. The van der Waals surface area contributed by atoms with E-state index in [4.69, 9.17) is 17.4 Å². The first kappa shape index (κ1) is 24.6. The summed E-state index contributed by atoms with van der Waals surface area (Å²) in [6, 6.07) is 0. The summed E-state index contributed by atoms with van der Waals surface area (Å²) in [6.07, 6.45) is 10.4. The molecule has 0 aromatic rings. The van der Waals surface area contributed by atoms with E-state index in [1.807, 2.05) is 0 Å². The Morgan fingerprint density at radius 2 is 1.50 bits per heavy atom. The van der Waals surface area contributed by atoms with Crippen LogP contribution in [-0.2, 0) is 9.53 Å². The second-order valence-corrected chi connectivity index (χ2v) is 19.3. The van der Waals surface area contributed by atoms with Crippen molar-refractivity contribution in [3.05, 3.63) is 0 Å². The van der Waals surface area contributed by atoms with Crippen molar-refractivity contribution in [2.24, 2.45) is 11.8 Å². The number of rotatable bonds is 14. The summed E-state index contributed by atoms with van der Waals surface area (Å²) in [4.78, 5) is 17.5. The monoisotopic (exact) mass is 466 g/mol. The van der Waals surface area contributed by atoms with Gasteiger partial charge in [-0.15, -0.1) is 0 Å². The third-order valence-electron chi connectivity index (χ3n) is 5.45. The summed E-state index contributed by atoms with van der Waals surface area (Å²) in [6.45, 7) is 9.47. The fraction of sp³-hybridized carbons (Fsp3) is 0.950. The molecule has 0 aliphatic rings. The molecule has 0 spiro atoms. The van der Waals surface area contributed by atoms with Gasteiger partial charge in [-0.2, -0.15) is 0 Å². The van der Waals surface area contributed by atoms with Crippen molar-refractivity contribution in [3.63, 3.8) is 0 Å². The van der Waals surface area contributed by atoms with Gasteiger partial charge in [-0.1, -0.05) is 0 Å². The standard InChI is InChI=1S/C18H35O2S.2CH3.Sn.H/c1-5-9-11-15(7-3)13-17(21)18(19)20-14-16(8-4)12-10-6-2;;;;/h15-16,21H,5-14H2,1-4H3;2*1H3;;. The minimum absolute atomic E-state index is 0.0125. The molecule has 3 unspecified atom stereocenters. The molecule has 144 valence electrons. The number of unbranched alkanes of at least 4 members (excludes halogenated alkanes) is 2. The van der Waals surface area contributed by atoms with Gasteiger partial charge in [0.05, 0.1) is 0 Å². The third-order valence-corrected chi connectivity index (χ3v) is 16.1. The van der Waals surface area contributed by atoms with Gasteiger partial charge < -0.3 is 0 Å². The van der Waals surface area contributed by atoms with E-state index >= 15 is 0 Å². The number of carbonyl (C=O) groups excluding carboxylic acids is 1. The number of ether oxygens (including phenoxy) is 1. The van der Waals surface area contributed by atoms with E-state index in [-0.39, 0.29) is 5.97 Å². The van der Waals surface area contributed by atoms with Gasteiger partial charge in [0.2, 0.25) is 0 Å². The van der Waals surface area contributed by atoms with Gasteiger partial charge in [0, 0.05) is 0 Å². The Balaban J connectivity index is 4.78. The number of carbonyl (C=O) groups is 1. The normalized spacial score (nSPS) is 16.7. The number of hydrogen-bond donors (Lipinski definition) is 1. The molecule has 0 rings (SSSR count). The summed E-state index contributed by atoms with van der Waals surface area (Å²) in [5.74, 6) is 1.11. The number of thiol groups is 1. The van der Waals surface area contributed by atoms with Gasteiger partial charge >= 0.3 is 164 Å². The summed E-state index contributed by atoms with van der Waals surface area (Å²) in [5, 5.41) is 0. The Labute approximate surface area is 164 Å². The van der Waals surface area contributed by atoms with Crippen molar-refractivity contribution in [1.29, 1.82) is 0 Å². The van der Waals surface area contributed by atoms with Crippen LogP contribution < -0.4 is 0 Å². The molecule has 2 nitrogen and oxygen atoms in total. The molecular weight excluding hydrogens is 423 g/mol. The predicted molar refractivity (Wildman–Crippen MR) is 113 cm³/mol. The van der Waals surface area contributed by atoms with Crippen molar-refractivity contribution < 1.29 is 9.53 Å². The van der Waals surface area contributed by atoms with E-state index in [2.05, 4.69) is 37.6 Å². The Hall–Kier alpha value is 0.619. The van der Waals surface area contributed by atoms with Crippen molar-refractivity contribution >= 4 is 38.4 Å². The van der Waals surface area contributed by atoms with Gasteiger partial charge in [0.15, 0.2) is 0 Å². The van der Waals surface area contributed by atoms with Gasteiger partial charge in [0.25, 0.3) is 0 Å². The maximum atomic E-state index is 12.9. The van der Waals surface area contributed by atoms with Crippen LogP contribution in [0.3, 0.4) is 0 Å². The van der Waals surface area contributed by atoms with Crippen molar-refractivity contribution in [2.45, 2.75) is 98.1 Å². The maximum absolute atomic E-state index is 12.9. The summed E-state index contributed by atoms with van der Waals surface area (Å²) < 4.78 is 5.36. The van der Waals surface area contributed by atoms with E-state index in [0.29, 0.717) is 18.4 Å². The van der Waals surface area contributed by atoms with Crippen LogP contribution in [0.5, 0.6) is 0 Å². The first-order valence-electron chi connectivity index (χ1n) is 10.2. The topological polar surface area (TPSA) is 26.3 Å². The summed E-state index contributed by atoms with van der Waals surface area (Å²) >= 11 is 2.94. The molecule has 4 heteroatoms. The summed E-state index contributed by atoms with van der Waals surface area (Å²) in [5.41, 5.74) is 0. The van der Waals surface area contributed by atoms with Gasteiger partial charge in [-0.3, -0.25) is 0 Å². The molecule has 0 N–H and O–H groups in total. The molecule has 0 radical (unpaired) electrons. The molecule has 0 aromatic heterocycles. The number of esters is 1. The second-order valence-electron chi connectivity index (χ2n) is 7.71. The van der Waals surface area contributed by atoms with Crippen LogP contribution in [0.4, 0.5) is 0 Å². The SMILES string of the molecule is CCCCC(CC)COC(=O)[C](S)(CC(CC)CCCC)[SnH]([CH3])[CH3]. The Bertz CT molecular complexity index is 336. The van der Waals surface area contributed by atoms with E-state index in [9.17, 15) is 4.79 Å². The minimum atomic E-state index is -2.01. The molecule has 0 aliphatic heterocycles. The Morgan fingerprint density at radius 1 is 1.00 bits per heavy atom. The zero-order valence-corrected chi connectivity index (χ0v) is 21.3. The van der Waals surface area contributed by atoms with Gasteiger partial charge in [-0.05, 0) is 0 Å². The van der Waals surface area contributed by atoms with Crippen molar-refractivity contribution in [3.8, 4) is 0 Å². The first-order chi connectivity index (χ1) is 11.3. The average Bonchev–Trinajstić information content (AvgIpc) is 2.57. The fourth-order valence-electron chi connectivity index (χ4n) is 3.15. The Kier molecular flexibility index (Phi) is 14.1. The molecule has 0 fully saturated rings. The molecule has 3 atom stereocenters. The third kappa shape index (κ3) is 8.82. The molecule has 0 bridgehead atoms. The first-order valence-corrected chi connectivity index (χ1v) is 18.9. The molecule has 0 aliphatic carbocycles. The van der Waals surface area contributed by atoms with Crippen molar-refractivity contribution in [1.82, 2.24) is 0 Å². The van der Waals surface area contributed by atoms with Crippen molar-refractivity contribution in [2.75, 3.05) is 6.61 Å². The number of hydrogen-bond acceptors (Lipinski definition) is 3.